The van der Waals surface area contributed by atoms with Gasteiger partial charge in [0.2, 0.25) is 5.91 Å². The molecule has 1 atom stereocenters. The van der Waals surface area contributed by atoms with E-state index in [4.69, 9.17) is 30.5 Å². The van der Waals surface area contributed by atoms with Gasteiger partial charge in [0.25, 0.3) is 0 Å². The summed E-state index contributed by atoms with van der Waals surface area (Å²) < 4.78 is 35.9. The Morgan fingerprint density at radius 3 is 2.60 bits per heavy atom. The topological polar surface area (TPSA) is 104 Å². The third-order valence-corrected chi connectivity index (χ3v) is 6.45. The molecule has 1 amide bonds. The minimum absolute atomic E-state index is 0.0220. The Hall–Kier alpha value is -4.41. The molecule has 11 heteroatoms. The zero-order valence-electron chi connectivity index (χ0n) is 21.7. The monoisotopic (exact) mass is 564 g/mol. The Bertz CT molecular complexity index is 1550. The number of methoxy groups -OCH3 is 2. The zero-order chi connectivity index (χ0) is 28.1. The summed E-state index contributed by atoms with van der Waals surface area (Å²) in [6.45, 7) is 1.05. The molecule has 1 aromatic heterocycles. The van der Waals surface area contributed by atoms with Crippen LogP contribution in [0.5, 0.6) is 17.2 Å². The average molecular weight is 565 g/mol. The Labute approximate surface area is 234 Å². The molecule has 4 aromatic rings. The summed E-state index contributed by atoms with van der Waals surface area (Å²) in [5, 5.41) is 6.63. The van der Waals surface area contributed by atoms with Gasteiger partial charge in [-0.1, -0.05) is 11.6 Å². The second kappa shape index (κ2) is 12.2. The van der Waals surface area contributed by atoms with Gasteiger partial charge < -0.3 is 29.6 Å². The summed E-state index contributed by atoms with van der Waals surface area (Å²) in [6, 6.07) is 13.1. The molecule has 3 aromatic carbocycles. The lowest BCUT2D eigenvalue weighted by Crippen LogP contribution is -2.18. The van der Waals surface area contributed by atoms with E-state index in [1.165, 1.54) is 24.5 Å². The molecule has 40 heavy (non-hydrogen) atoms. The van der Waals surface area contributed by atoms with Gasteiger partial charge in [-0.25, -0.2) is 14.4 Å². The quantitative estimate of drug-likeness (QED) is 0.238. The number of rotatable bonds is 9. The number of nitrogens with one attached hydrogen (secondary N) is 2. The number of amides is 1. The first-order valence-electron chi connectivity index (χ1n) is 12.4. The normalized spacial score (nSPS) is 14.8. The van der Waals surface area contributed by atoms with Crippen LogP contribution < -0.4 is 24.8 Å². The third kappa shape index (κ3) is 6.41. The van der Waals surface area contributed by atoms with Crippen LogP contribution in [0.25, 0.3) is 17.0 Å². The molecule has 0 spiro atoms. The molecule has 0 aliphatic carbocycles. The van der Waals surface area contributed by atoms with Gasteiger partial charge in [0.1, 0.15) is 41.3 Å². The molecule has 206 valence electrons. The molecule has 1 aliphatic rings. The van der Waals surface area contributed by atoms with E-state index in [0.29, 0.717) is 58.6 Å². The smallest absolute Gasteiger partial charge is 0.248 e. The molecule has 1 fully saturated rings. The van der Waals surface area contributed by atoms with Gasteiger partial charge >= 0.3 is 0 Å². The summed E-state index contributed by atoms with van der Waals surface area (Å²) in [7, 11) is 3.12. The standard InChI is InChI=1S/C29H26ClFN4O5/c1-37-20-9-17(10-21(12-20)38-2)3-6-28(36)35-26-13-22-25(14-27(26)40-19-7-8-39-15-19)32-16-33-29(22)34-18-4-5-24(31)23(30)11-18/h3-6,9-14,16,19H,7-8,15H2,1-2H3,(H,35,36)(H,32,33,34)/b6-3+/t19-/m0/s1. The number of ether oxygens (including phenoxy) is 4. The van der Waals surface area contributed by atoms with E-state index in [1.807, 2.05) is 0 Å². The minimum atomic E-state index is -0.525. The Balaban J connectivity index is 1.46. The van der Waals surface area contributed by atoms with E-state index in [1.54, 1.807) is 56.7 Å². The van der Waals surface area contributed by atoms with Crippen molar-refractivity contribution in [3.05, 3.63) is 77.3 Å². The van der Waals surface area contributed by atoms with Gasteiger partial charge in [-0.15, -0.1) is 0 Å². The summed E-state index contributed by atoms with van der Waals surface area (Å²) >= 11 is 5.95. The zero-order valence-corrected chi connectivity index (χ0v) is 22.5. The highest BCUT2D eigenvalue weighted by molar-refractivity contribution is 6.31. The number of aromatic nitrogens is 2. The van der Waals surface area contributed by atoms with Crippen LogP contribution in [0.2, 0.25) is 5.02 Å². The molecule has 1 aliphatic heterocycles. The van der Waals surface area contributed by atoms with E-state index in [2.05, 4.69) is 20.6 Å². The first-order valence-corrected chi connectivity index (χ1v) is 12.8. The lowest BCUT2D eigenvalue weighted by molar-refractivity contribution is -0.111. The third-order valence-electron chi connectivity index (χ3n) is 6.16. The van der Waals surface area contributed by atoms with Crippen molar-refractivity contribution in [2.45, 2.75) is 12.5 Å². The maximum Gasteiger partial charge on any atom is 0.248 e. The number of hydrogen-bond donors (Lipinski definition) is 2. The fourth-order valence-electron chi connectivity index (χ4n) is 4.15. The van der Waals surface area contributed by atoms with Crippen molar-refractivity contribution >= 4 is 51.7 Å². The Morgan fingerprint density at radius 1 is 1.10 bits per heavy atom. The Kier molecular flexibility index (Phi) is 8.28. The van der Waals surface area contributed by atoms with Crippen molar-refractivity contribution in [2.75, 3.05) is 38.1 Å². The summed E-state index contributed by atoms with van der Waals surface area (Å²) in [5.74, 6) is 1.19. The summed E-state index contributed by atoms with van der Waals surface area (Å²) in [6.07, 6.45) is 5.03. The molecular formula is C29H26ClFN4O5. The highest BCUT2D eigenvalue weighted by Crippen LogP contribution is 2.35. The largest absolute Gasteiger partial charge is 0.497 e. The van der Waals surface area contributed by atoms with Gasteiger partial charge in [-0.3, -0.25) is 4.79 Å². The van der Waals surface area contributed by atoms with Gasteiger partial charge in [0, 0.05) is 35.7 Å². The van der Waals surface area contributed by atoms with Crippen molar-refractivity contribution in [1.29, 1.82) is 0 Å². The van der Waals surface area contributed by atoms with Crippen molar-refractivity contribution < 1.29 is 28.1 Å². The molecule has 2 N–H and O–H groups in total. The van der Waals surface area contributed by atoms with E-state index < -0.39 is 5.82 Å². The van der Waals surface area contributed by atoms with Crippen LogP contribution in [0.4, 0.5) is 21.6 Å². The highest BCUT2D eigenvalue weighted by atomic mass is 35.5. The highest BCUT2D eigenvalue weighted by Gasteiger charge is 2.21. The number of carbonyl (C=O) groups excluding carboxylic acids is 1. The SMILES string of the molecule is COc1cc(/C=C/C(=O)Nc2cc3c(Nc4ccc(F)c(Cl)c4)ncnc3cc2O[C@H]2CCOC2)cc(OC)c1. The average Bonchev–Trinajstić information content (AvgIpc) is 3.47. The van der Waals surface area contributed by atoms with Crippen LogP contribution in [-0.2, 0) is 9.53 Å². The van der Waals surface area contributed by atoms with Crippen molar-refractivity contribution in [3.63, 3.8) is 0 Å². The van der Waals surface area contributed by atoms with Gasteiger partial charge in [-0.2, -0.15) is 0 Å². The molecule has 1 saturated heterocycles. The molecule has 0 radical (unpaired) electrons. The molecule has 0 saturated carbocycles. The predicted octanol–water partition coefficient (Wildman–Crippen LogP) is 6.00. The van der Waals surface area contributed by atoms with E-state index >= 15 is 0 Å². The molecule has 5 rings (SSSR count). The number of fused-ring (bicyclic) bond motifs is 1. The van der Waals surface area contributed by atoms with Crippen molar-refractivity contribution in [1.82, 2.24) is 9.97 Å². The van der Waals surface area contributed by atoms with Crippen LogP contribution in [0, 0.1) is 5.82 Å². The van der Waals surface area contributed by atoms with Crippen LogP contribution >= 0.6 is 11.6 Å². The Morgan fingerprint density at radius 2 is 1.90 bits per heavy atom. The van der Waals surface area contributed by atoms with Gasteiger partial charge in [0.15, 0.2) is 0 Å². The van der Waals surface area contributed by atoms with Crippen LogP contribution in [0.3, 0.4) is 0 Å². The van der Waals surface area contributed by atoms with Crippen molar-refractivity contribution in [3.8, 4) is 17.2 Å². The number of carbonyl (C=O) groups is 1. The number of hydrogen-bond acceptors (Lipinski definition) is 8. The lowest BCUT2D eigenvalue weighted by atomic mass is 10.1. The fraction of sp³-hybridized carbons (Fsp3) is 0.207. The number of halogens is 2. The lowest BCUT2D eigenvalue weighted by Gasteiger charge is -2.17. The maximum absolute atomic E-state index is 13.7. The maximum atomic E-state index is 13.7. The second-order valence-corrected chi connectivity index (χ2v) is 9.32. The van der Waals surface area contributed by atoms with E-state index in [-0.39, 0.29) is 17.0 Å². The first-order chi connectivity index (χ1) is 19.4. The summed E-state index contributed by atoms with van der Waals surface area (Å²) in [5.41, 5.74) is 2.27. The fourth-order valence-corrected chi connectivity index (χ4v) is 4.33. The molecule has 0 unspecified atom stereocenters. The predicted molar refractivity (Wildman–Crippen MR) is 151 cm³/mol. The van der Waals surface area contributed by atoms with Crippen LogP contribution in [-0.4, -0.2) is 49.4 Å². The van der Waals surface area contributed by atoms with Crippen LogP contribution in [0.1, 0.15) is 12.0 Å². The molecular weight excluding hydrogens is 539 g/mol. The van der Waals surface area contributed by atoms with Gasteiger partial charge in [-0.05, 0) is 48.0 Å². The van der Waals surface area contributed by atoms with E-state index in [9.17, 15) is 9.18 Å². The van der Waals surface area contributed by atoms with Crippen molar-refractivity contribution in [2.24, 2.45) is 0 Å². The van der Waals surface area contributed by atoms with E-state index in [0.717, 1.165) is 12.0 Å². The molecule has 2 heterocycles. The minimum Gasteiger partial charge on any atom is -0.497 e. The molecule has 0 bridgehead atoms. The number of benzene rings is 3. The second-order valence-electron chi connectivity index (χ2n) is 8.91. The summed E-state index contributed by atoms with van der Waals surface area (Å²) in [4.78, 5) is 21.8. The number of anilines is 3. The first kappa shape index (κ1) is 27.2. The number of nitrogens with zero attached hydrogens (tertiary/aromatic N) is 2. The van der Waals surface area contributed by atoms with Gasteiger partial charge in [0.05, 0.1) is 43.7 Å². The van der Waals surface area contributed by atoms with Crippen LogP contribution in [0.15, 0.2) is 60.9 Å². The molecule has 9 nitrogen and oxygen atoms in total.